The summed E-state index contributed by atoms with van der Waals surface area (Å²) in [6.45, 7) is 1.99. The highest BCUT2D eigenvalue weighted by atomic mass is 32.1. The van der Waals surface area contributed by atoms with Crippen LogP contribution < -0.4 is 5.32 Å². The first kappa shape index (κ1) is 16.2. The van der Waals surface area contributed by atoms with Crippen LogP contribution in [0.3, 0.4) is 0 Å². The van der Waals surface area contributed by atoms with Gasteiger partial charge in [-0.1, -0.05) is 32.1 Å². The Balaban J connectivity index is 1.72. The summed E-state index contributed by atoms with van der Waals surface area (Å²) >= 11 is 1.51. The Morgan fingerprint density at radius 1 is 1.10 bits per heavy atom. The SMILES string of the molecule is Cc1ccc(C(=O)CCC(=O)NC2CCCCCCC2)s1. The molecular weight excluding hydrogens is 282 g/mol. The van der Waals surface area contributed by atoms with Gasteiger partial charge in [0.15, 0.2) is 5.78 Å². The molecule has 1 saturated carbocycles. The highest BCUT2D eigenvalue weighted by Gasteiger charge is 2.15. The summed E-state index contributed by atoms with van der Waals surface area (Å²) in [4.78, 5) is 25.9. The van der Waals surface area contributed by atoms with Crippen LogP contribution in [0.15, 0.2) is 12.1 Å². The molecule has 0 unspecified atom stereocenters. The molecular formula is C17H25NO2S. The molecule has 0 spiro atoms. The van der Waals surface area contributed by atoms with E-state index >= 15 is 0 Å². The first-order valence-electron chi connectivity index (χ1n) is 8.04. The number of amides is 1. The molecule has 0 atom stereocenters. The fraction of sp³-hybridized carbons (Fsp3) is 0.647. The van der Waals surface area contributed by atoms with E-state index in [1.807, 2.05) is 19.1 Å². The Morgan fingerprint density at radius 3 is 2.38 bits per heavy atom. The molecule has 116 valence electrons. The molecule has 21 heavy (non-hydrogen) atoms. The number of rotatable bonds is 5. The van der Waals surface area contributed by atoms with E-state index in [9.17, 15) is 9.59 Å². The second-order valence-corrected chi connectivity index (χ2v) is 7.23. The number of carbonyl (C=O) groups excluding carboxylic acids is 2. The first-order valence-corrected chi connectivity index (χ1v) is 8.86. The van der Waals surface area contributed by atoms with Crippen LogP contribution >= 0.6 is 11.3 Å². The van der Waals surface area contributed by atoms with Crippen LogP contribution in [0.4, 0.5) is 0 Å². The van der Waals surface area contributed by atoms with Gasteiger partial charge < -0.3 is 5.32 Å². The van der Waals surface area contributed by atoms with Crippen LogP contribution in [0.1, 0.15) is 72.3 Å². The predicted molar refractivity (Wildman–Crippen MR) is 86.9 cm³/mol. The van der Waals surface area contributed by atoms with Gasteiger partial charge in [0.25, 0.3) is 0 Å². The Kier molecular flexibility index (Phi) is 6.43. The molecule has 0 aliphatic heterocycles. The minimum Gasteiger partial charge on any atom is -0.353 e. The largest absolute Gasteiger partial charge is 0.353 e. The number of Topliss-reactive ketones (excluding diaryl/α,β-unsaturated/α-hetero) is 1. The van der Waals surface area contributed by atoms with E-state index in [-0.39, 0.29) is 11.7 Å². The van der Waals surface area contributed by atoms with Gasteiger partial charge in [0.1, 0.15) is 0 Å². The molecule has 1 aromatic heterocycles. The smallest absolute Gasteiger partial charge is 0.220 e. The van der Waals surface area contributed by atoms with Crippen molar-refractivity contribution in [3.8, 4) is 0 Å². The van der Waals surface area contributed by atoms with E-state index in [2.05, 4.69) is 5.32 Å². The minimum atomic E-state index is 0.0298. The van der Waals surface area contributed by atoms with Gasteiger partial charge in [0.05, 0.1) is 4.88 Å². The number of aryl methyl sites for hydroxylation is 1. The summed E-state index contributed by atoms with van der Waals surface area (Å²) in [7, 11) is 0. The second kappa shape index (κ2) is 8.32. The zero-order chi connectivity index (χ0) is 15.1. The van der Waals surface area contributed by atoms with E-state index in [0.717, 1.165) is 22.6 Å². The highest BCUT2D eigenvalue weighted by molar-refractivity contribution is 7.14. The van der Waals surface area contributed by atoms with Crippen LogP contribution in [0.2, 0.25) is 0 Å². The molecule has 1 fully saturated rings. The predicted octanol–water partition coefficient (Wildman–Crippen LogP) is 4.25. The quantitative estimate of drug-likeness (QED) is 0.827. The molecule has 1 aliphatic carbocycles. The van der Waals surface area contributed by atoms with Gasteiger partial charge in [-0.25, -0.2) is 0 Å². The summed E-state index contributed by atoms with van der Waals surface area (Å²) in [5.41, 5.74) is 0. The zero-order valence-electron chi connectivity index (χ0n) is 12.8. The van der Waals surface area contributed by atoms with Gasteiger partial charge in [-0.2, -0.15) is 0 Å². The molecule has 2 rings (SSSR count). The lowest BCUT2D eigenvalue weighted by Gasteiger charge is -2.20. The molecule has 0 aromatic carbocycles. The van der Waals surface area contributed by atoms with E-state index in [1.165, 1.54) is 43.4 Å². The summed E-state index contributed by atoms with van der Waals surface area (Å²) in [6.07, 6.45) is 9.11. The summed E-state index contributed by atoms with van der Waals surface area (Å²) in [5, 5.41) is 3.11. The lowest BCUT2D eigenvalue weighted by atomic mass is 9.96. The molecule has 1 heterocycles. The Morgan fingerprint density at radius 2 is 1.76 bits per heavy atom. The number of nitrogens with one attached hydrogen (secondary N) is 1. The maximum Gasteiger partial charge on any atom is 0.220 e. The van der Waals surface area contributed by atoms with Crippen LogP contribution in [0.5, 0.6) is 0 Å². The van der Waals surface area contributed by atoms with Gasteiger partial charge in [0.2, 0.25) is 5.91 Å². The number of hydrogen-bond acceptors (Lipinski definition) is 3. The first-order chi connectivity index (χ1) is 10.1. The summed E-state index contributed by atoms with van der Waals surface area (Å²) < 4.78 is 0. The fourth-order valence-corrected chi connectivity index (χ4v) is 3.67. The van der Waals surface area contributed by atoms with Crippen LogP contribution in [-0.4, -0.2) is 17.7 Å². The third-order valence-corrected chi connectivity index (χ3v) is 5.11. The number of ketones is 1. The minimum absolute atomic E-state index is 0.0298. The average Bonchev–Trinajstić information content (AvgIpc) is 2.86. The lowest BCUT2D eigenvalue weighted by molar-refractivity contribution is -0.121. The molecule has 0 bridgehead atoms. The zero-order valence-corrected chi connectivity index (χ0v) is 13.6. The molecule has 1 amide bonds. The number of hydrogen-bond donors (Lipinski definition) is 1. The maximum absolute atomic E-state index is 12.0. The topological polar surface area (TPSA) is 46.2 Å². The van der Waals surface area contributed by atoms with Crippen molar-refractivity contribution in [2.24, 2.45) is 0 Å². The van der Waals surface area contributed by atoms with Crippen LogP contribution in [0, 0.1) is 6.92 Å². The van der Waals surface area contributed by atoms with Crippen LogP contribution in [-0.2, 0) is 4.79 Å². The van der Waals surface area contributed by atoms with E-state index in [4.69, 9.17) is 0 Å². The van der Waals surface area contributed by atoms with Crippen molar-refractivity contribution in [1.82, 2.24) is 5.32 Å². The Hall–Kier alpha value is -1.16. The van der Waals surface area contributed by atoms with Crippen molar-refractivity contribution in [3.05, 3.63) is 21.9 Å². The van der Waals surface area contributed by atoms with Crippen molar-refractivity contribution in [3.63, 3.8) is 0 Å². The van der Waals surface area contributed by atoms with Crippen LogP contribution in [0.25, 0.3) is 0 Å². The normalized spacial score (nSPS) is 17.0. The average molecular weight is 307 g/mol. The van der Waals surface area contributed by atoms with Gasteiger partial charge >= 0.3 is 0 Å². The molecule has 3 nitrogen and oxygen atoms in total. The van der Waals surface area contributed by atoms with Crippen molar-refractivity contribution >= 4 is 23.0 Å². The van der Waals surface area contributed by atoms with Gasteiger partial charge in [-0.3, -0.25) is 9.59 Å². The van der Waals surface area contributed by atoms with Gasteiger partial charge in [-0.15, -0.1) is 11.3 Å². The van der Waals surface area contributed by atoms with E-state index in [1.54, 1.807) is 0 Å². The molecule has 1 N–H and O–H groups in total. The van der Waals surface area contributed by atoms with Gasteiger partial charge in [0, 0.05) is 23.8 Å². The summed E-state index contributed by atoms with van der Waals surface area (Å²) in [5.74, 6) is 0.114. The molecule has 1 aromatic rings. The van der Waals surface area contributed by atoms with Crippen molar-refractivity contribution in [1.29, 1.82) is 0 Å². The van der Waals surface area contributed by atoms with Crippen molar-refractivity contribution < 1.29 is 9.59 Å². The van der Waals surface area contributed by atoms with Crippen molar-refractivity contribution in [2.75, 3.05) is 0 Å². The fourth-order valence-electron chi connectivity index (χ4n) is 2.83. The lowest BCUT2D eigenvalue weighted by Crippen LogP contribution is -2.35. The molecule has 1 aliphatic rings. The monoisotopic (exact) mass is 307 g/mol. The molecule has 4 heteroatoms. The molecule has 0 saturated heterocycles. The van der Waals surface area contributed by atoms with Gasteiger partial charge in [-0.05, 0) is 31.9 Å². The Bertz CT molecular complexity index is 473. The Labute approximate surface area is 131 Å². The van der Waals surface area contributed by atoms with E-state index < -0.39 is 0 Å². The van der Waals surface area contributed by atoms with E-state index in [0.29, 0.717) is 18.9 Å². The molecule has 0 radical (unpaired) electrons. The second-order valence-electron chi connectivity index (χ2n) is 5.94. The number of thiophene rings is 1. The maximum atomic E-state index is 12.0. The summed E-state index contributed by atoms with van der Waals surface area (Å²) in [6, 6.07) is 4.12. The number of carbonyl (C=O) groups is 2. The third kappa shape index (κ3) is 5.62. The third-order valence-electron chi connectivity index (χ3n) is 4.06. The standard InChI is InChI=1S/C17H25NO2S/c1-13-9-11-16(21-13)15(19)10-12-17(20)18-14-7-5-3-2-4-6-8-14/h9,11,14H,2-8,10,12H2,1H3,(H,18,20). The highest BCUT2D eigenvalue weighted by Crippen LogP contribution is 2.19. The van der Waals surface area contributed by atoms with Crippen molar-refractivity contribution in [2.45, 2.75) is 70.8 Å².